The van der Waals surface area contributed by atoms with Crippen molar-refractivity contribution in [1.29, 1.82) is 0 Å². The summed E-state index contributed by atoms with van der Waals surface area (Å²) in [5.41, 5.74) is 2.28. The van der Waals surface area contributed by atoms with Crippen molar-refractivity contribution in [2.45, 2.75) is 19.9 Å². The van der Waals surface area contributed by atoms with Crippen LogP contribution >= 0.6 is 0 Å². The molecule has 1 heterocycles. The predicted octanol–water partition coefficient (Wildman–Crippen LogP) is 1.84. The van der Waals surface area contributed by atoms with Gasteiger partial charge in [0.1, 0.15) is 0 Å². The van der Waals surface area contributed by atoms with Crippen molar-refractivity contribution in [2.75, 3.05) is 19.0 Å². The van der Waals surface area contributed by atoms with Crippen LogP contribution in [0, 0.1) is 6.92 Å². The van der Waals surface area contributed by atoms with Crippen molar-refractivity contribution in [3.63, 3.8) is 0 Å². The zero-order valence-electron chi connectivity index (χ0n) is 8.37. The molecule has 3 heteroatoms. The van der Waals surface area contributed by atoms with Gasteiger partial charge in [-0.05, 0) is 25.5 Å². The Kier molecular flexibility index (Phi) is 3.71. The van der Waals surface area contributed by atoms with Crippen LogP contribution in [-0.4, -0.2) is 24.7 Å². The van der Waals surface area contributed by atoms with Gasteiger partial charge in [0.2, 0.25) is 0 Å². The van der Waals surface area contributed by atoms with Gasteiger partial charge >= 0.3 is 0 Å². The molecular formula is C10H16N2O. The number of aryl methyl sites for hydroxylation is 1. The van der Waals surface area contributed by atoms with E-state index in [2.05, 4.69) is 24.1 Å². The number of anilines is 1. The normalized spacial score (nSPS) is 12.5. The monoisotopic (exact) mass is 180 g/mol. The van der Waals surface area contributed by atoms with Crippen LogP contribution in [0.25, 0.3) is 0 Å². The number of hydrogen-bond acceptors (Lipinski definition) is 3. The van der Waals surface area contributed by atoms with E-state index in [1.54, 1.807) is 13.3 Å². The third kappa shape index (κ3) is 3.03. The van der Waals surface area contributed by atoms with Crippen LogP contribution in [0.2, 0.25) is 0 Å². The van der Waals surface area contributed by atoms with E-state index in [1.807, 2.05) is 12.3 Å². The summed E-state index contributed by atoms with van der Waals surface area (Å²) in [7, 11) is 1.70. The summed E-state index contributed by atoms with van der Waals surface area (Å²) in [4.78, 5) is 4.06. The quantitative estimate of drug-likeness (QED) is 0.767. The molecule has 0 aliphatic heterocycles. The van der Waals surface area contributed by atoms with E-state index in [1.165, 1.54) is 5.56 Å². The molecule has 0 fully saturated rings. The highest BCUT2D eigenvalue weighted by Gasteiger charge is 2.02. The lowest BCUT2D eigenvalue weighted by Gasteiger charge is -2.15. The van der Waals surface area contributed by atoms with E-state index < -0.39 is 0 Å². The molecule has 0 bridgehead atoms. The first-order valence-electron chi connectivity index (χ1n) is 4.40. The molecule has 0 aromatic carbocycles. The fraction of sp³-hybridized carbons (Fsp3) is 0.500. The van der Waals surface area contributed by atoms with E-state index >= 15 is 0 Å². The summed E-state index contributed by atoms with van der Waals surface area (Å²) in [5.74, 6) is 0. The molecule has 0 unspecified atom stereocenters. The topological polar surface area (TPSA) is 34.1 Å². The first kappa shape index (κ1) is 9.99. The predicted molar refractivity (Wildman–Crippen MR) is 53.9 cm³/mol. The van der Waals surface area contributed by atoms with Crippen molar-refractivity contribution < 1.29 is 4.74 Å². The van der Waals surface area contributed by atoms with Crippen LogP contribution in [-0.2, 0) is 4.74 Å². The summed E-state index contributed by atoms with van der Waals surface area (Å²) >= 11 is 0. The van der Waals surface area contributed by atoms with Crippen LogP contribution in [0.5, 0.6) is 0 Å². The van der Waals surface area contributed by atoms with E-state index in [4.69, 9.17) is 4.74 Å². The van der Waals surface area contributed by atoms with Crippen molar-refractivity contribution in [1.82, 2.24) is 4.98 Å². The van der Waals surface area contributed by atoms with Crippen molar-refractivity contribution in [3.8, 4) is 0 Å². The zero-order valence-corrected chi connectivity index (χ0v) is 8.37. The Morgan fingerprint density at radius 2 is 2.38 bits per heavy atom. The first-order valence-corrected chi connectivity index (χ1v) is 4.40. The van der Waals surface area contributed by atoms with Crippen LogP contribution in [0.4, 0.5) is 5.69 Å². The molecule has 1 aromatic heterocycles. The highest BCUT2D eigenvalue weighted by molar-refractivity contribution is 5.48. The lowest BCUT2D eigenvalue weighted by atomic mass is 10.2. The molecule has 0 aliphatic carbocycles. The molecule has 13 heavy (non-hydrogen) atoms. The van der Waals surface area contributed by atoms with Crippen LogP contribution < -0.4 is 5.32 Å². The fourth-order valence-electron chi connectivity index (χ4n) is 1.17. The molecular weight excluding hydrogens is 164 g/mol. The Morgan fingerprint density at radius 3 is 3.00 bits per heavy atom. The Bertz CT molecular complexity index is 263. The van der Waals surface area contributed by atoms with Crippen molar-refractivity contribution in [2.24, 2.45) is 0 Å². The van der Waals surface area contributed by atoms with Crippen molar-refractivity contribution in [3.05, 3.63) is 24.0 Å². The SMILES string of the molecule is COC[C@H](C)Nc1cnccc1C. The molecule has 0 saturated heterocycles. The van der Waals surface area contributed by atoms with Gasteiger partial charge < -0.3 is 10.1 Å². The summed E-state index contributed by atoms with van der Waals surface area (Å²) < 4.78 is 5.03. The van der Waals surface area contributed by atoms with Crippen molar-refractivity contribution >= 4 is 5.69 Å². The lowest BCUT2D eigenvalue weighted by molar-refractivity contribution is 0.190. The van der Waals surface area contributed by atoms with Crippen LogP contribution in [0.15, 0.2) is 18.5 Å². The molecule has 72 valence electrons. The van der Waals surface area contributed by atoms with E-state index in [0.717, 1.165) is 5.69 Å². The van der Waals surface area contributed by atoms with Gasteiger partial charge in [-0.15, -0.1) is 0 Å². The number of pyridine rings is 1. The maximum absolute atomic E-state index is 5.03. The Morgan fingerprint density at radius 1 is 1.62 bits per heavy atom. The molecule has 1 aromatic rings. The Labute approximate surface area is 79.1 Å². The minimum atomic E-state index is 0.313. The minimum Gasteiger partial charge on any atom is -0.383 e. The number of hydrogen-bond donors (Lipinski definition) is 1. The lowest BCUT2D eigenvalue weighted by Crippen LogP contribution is -2.21. The molecule has 1 atom stereocenters. The molecule has 1 rings (SSSR count). The van der Waals surface area contributed by atoms with Crippen LogP contribution in [0.1, 0.15) is 12.5 Å². The molecule has 0 aliphatic rings. The highest BCUT2D eigenvalue weighted by Crippen LogP contribution is 2.12. The summed E-state index contributed by atoms with van der Waals surface area (Å²) in [6.45, 7) is 4.84. The average molecular weight is 180 g/mol. The third-order valence-corrected chi connectivity index (χ3v) is 1.86. The van der Waals surface area contributed by atoms with Gasteiger partial charge in [-0.25, -0.2) is 0 Å². The van der Waals surface area contributed by atoms with E-state index in [0.29, 0.717) is 12.6 Å². The smallest absolute Gasteiger partial charge is 0.0661 e. The van der Waals surface area contributed by atoms with Gasteiger partial charge in [0.05, 0.1) is 18.5 Å². The molecule has 0 amide bonds. The number of rotatable bonds is 4. The second-order valence-electron chi connectivity index (χ2n) is 3.19. The van der Waals surface area contributed by atoms with Gasteiger partial charge in [0.15, 0.2) is 0 Å². The summed E-state index contributed by atoms with van der Waals surface area (Å²) in [6.07, 6.45) is 3.63. The van der Waals surface area contributed by atoms with Gasteiger partial charge in [-0.3, -0.25) is 4.98 Å². The number of ether oxygens (including phenoxy) is 1. The molecule has 3 nitrogen and oxygen atoms in total. The standard InChI is InChI=1S/C10H16N2O/c1-8-4-5-11-6-10(8)12-9(2)7-13-3/h4-6,9,12H,7H2,1-3H3/t9-/m0/s1. The van der Waals surface area contributed by atoms with E-state index in [-0.39, 0.29) is 0 Å². The fourth-order valence-corrected chi connectivity index (χ4v) is 1.17. The molecule has 0 radical (unpaired) electrons. The summed E-state index contributed by atoms with van der Waals surface area (Å²) in [6, 6.07) is 2.30. The highest BCUT2D eigenvalue weighted by atomic mass is 16.5. The van der Waals surface area contributed by atoms with Gasteiger partial charge in [-0.1, -0.05) is 0 Å². The zero-order chi connectivity index (χ0) is 9.68. The Balaban J connectivity index is 2.58. The largest absolute Gasteiger partial charge is 0.383 e. The van der Waals surface area contributed by atoms with Crippen LogP contribution in [0.3, 0.4) is 0 Å². The van der Waals surface area contributed by atoms with E-state index in [9.17, 15) is 0 Å². The second kappa shape index (κ2) is 4.82. The maximum Gasteiger partial charge on any atom is 0.0661 e. The third-order valence-electron chi connectivity index (χ3n) is 1.86. The van der Waals surface area contributed by atoms with Gasteiger partial charge in [-0.2, -0.15) is 0 Å². The Hall–Kier alpha value is -1.09. The average Bonchev–Trinajstić information content (AvgIpc) is 2.09. The number of aromatic nitrogens is 1. The first-order chi connectivity index (χ1) is 6.24. The minimum absolute atomic E-state index is 0.313. The molecule has 1 N–H and O–H groups in total. The molecule has 0 spiro atoms. The number of methoxy groups -OCH3 is 1. The number of nitrogens with zero attached hydrogens (tertiary/aromatic N) is 1. The maximum atomic E-state index is 5.03. The number of nitrogens with one attached hydrogen (secondary N) is 1. The summed E-state index contributed by atoms with van der Waals surface area (Å²) in [5, 5.41) is 3.32. The second-order valence-corrected chi connectivity index (χ2v) is 3.19. The molecule has 0 saturated carbocycles. The van der Waals surface area contributed by atoms with Gasteiger partial charge in [0, 0.05) is 19.3 Å². The van der Waals surface area contributed by atoms with Gasteiger partial charge in [0.25, 0.3) is 0 Å².